The van der Waals surface area contributed by atoms with Gasteiger partial charge in [-0.05, 0) is 11.4 Å². The molecule has 0 radical (unpaired) electrons. The van der Waals surface area contributed by atoms with Crippen LogP contribution in [-0.2, 0) is 6.42 Å². The number of aromatic nitrogens is 2. The van der Waals surface area contributed by atoms with Gasteiger partial charge in [0.25, 0.3) is 0 Å². The summed E-state index contributed by atoms with van der Waals surface area (Å²) in [6.45, 7) is 0.556. The second kappa shape index (κ2) is 5.84. The lowest BCUT2D eigenvalue weighted by Crippen LogP contribution is -2.04. The second-order valence-electron chi connectivity index (χ2n) is 3.27. The van der Waals surface area contributed by atoms with Crippen LogP contribution in [-0.4, -0.2) is 23.6 Å². The summed E-state index contributed by atoms with van der Waals surface area (Å²) in [6, 6.07) is 4.10. The predicted molar refractivity (Wildman–Crippen MR) is 70.1 cm³/mol. The van der Waals surface area contributed by atoms with Crippen LogP contribution in [0.2, 0.25) is 5.02 Å². The molecule has 0 bridgehead atoms. The monoisotopic (exact) mass is 269 g/mol. The molecule has 90 valence electrons. The van der Waals surface area contributed by atoms with E-state index in [9.17, 15) is 0 Å². The molecule has 0 saturated heterocycles. The number of halogens is 1. The average molecular weight is 270 g/mol. The Morgan fingerprint density at radius 2 is 2.41 bits per heavy atom. The molecule has 0 atom stereocenters. The van der Waals surface area contributed by atoms with Crippen molar-refractivity contribution in [2.24, 2.45) is 0 Å². The van der Waals surface area contributed by atoms with E-state index in [1.165, 1.54) is 11.1 Å². The Morgan fingerprint density at radius 3 is 3.12 bits per heavy atom. The number of ether oxygens (including phenoxy) is 1. The molecule has 2 heterocycles. The van der Waals surface area contributed by atoms with Gasteiger partial charge >= 0.3 is 0 Å². The topological polar surface area (TPSA) is 47.0 Å². The summed E-state index contributed by atoms with van der Waals surface area (Å²) < 4.78 is 5.54. The first-order chi connectivity index (χ1) is 8.29. The predicted octanol–water partition coefficient (Wildman–Crippen LogP) is 2.85. The van der Waals surface area contributed by atoms with E-state index in [4.69, 9.17) is 16.3 Å². The van der Waals surface area contributed by atoms with Crippen LogP contribution in [0.3, 0.4) is 0 Å². The zero-order chi connectivity index (χ0) is 12.1. The molecule has 0 amide bonds. The Kier molecular flexibility index (Phi) is 4.17. The maximum absolute atomic E-state index is 5.94. The maximum Gasteiger partial charge on any atom is 0.237 e. The minimum absolute atomic E-state index is 0.419. The van der Waals surface area contributed by atoms with E-state index >= 15 is 0 Å². The van der Waals surface area contributed by atoms with Crippen molar-refractivity contribution in [2.75, 3.05) is 19.0 Å². The molecular formula is C11H12ClN3OS. The third-order valence-corrected chi connectivity index (χ3v) is 3.30. The zero-order valence-corrected chi connectivity index (χ0v) is 10.9. The van der Waals surface area contributed by atoms with Crippen molar-refractivity contribution in [1.82, 2.24) is 9.97 Å². The molecular weight excluding hydrogens is 258 g/mol. The smallest absolute Gasteiger partial charge is 0.237 e. The van der Waals surface area contributed by atoms with Crippen LogP contribution in [0.25, 0.3) is 0 Å². The van der Waals surface area contributed by atoms with Gasteiger partial charge in [0.15, 0.2) is 0 Å². The quantitative estimate of drug-likeness (QED) is 0.907. The van der Waals surface area contributed by atoms with Gasteiger partial charge in [0.1, 0.15) is 5.02 Å². The second-order valence-corrected chi connectivity index (χ2v) is 4.71. The average Bonchev–Trinajstić information content (AvgIpc) is 2.84. The first kappa shape index (κ1) is 12.1. The summed E-state index contributed by atoms with van der Waals surface area (Å²) in [7, 11) is 1.75. The van der Waals surface area contributed by atoms with E-state index in [0.29, 0.717) is 23.5 Å². The summed E-state index contributed by atoms with van der Waals surface area (Å²) in [5.74, 6) is 0.920. The summed E-state index contributed by atoms with van der Waals surface area (Å²) in [5.41, 5.74) is 0. The normalized spacial score (nSPS) is 10.2. The first-order valence-electron chi connectivity index (χ1n) is 5.15. The molecule has 0 saturated carbocycles. The van der Waals surface area contributed by atoms with Crippen LogP contribution in [0.4, 0.5) is 5.95 Å². The van der Waals surface area contributed by atoms with Gasteiger partial charge < -0.3 is 10.1 Å². The molecule has 2 aromatic rings. The molecule has 0 aliphatic heterocycles. The highest BCUT2D eigenvalue weighted by Crippen LogP contribution is 2.22. The molecule has 17 heavy (non-hydrogen) atoms. The summed E-state index contributed by atoms with van der Waals surface area (Å²) >= 11 is 7.65. The van der Waals surface area contributed by atoms with Gasteiger partial charge in [-0.25, -0.2) is 4.98 Å². The highest BCUT2D eigenvalue weighted by Gasteiger charge is 2.06. The number of hydrogen-bond donors (Lipinski definition) is 1. The Labute approximate surface area is 109 Å². The molecule has 0 aromatic carbocycles. The van der Waals surface area contributed by atoms with Gasteiger partial charge in [0, 0.05) is 18.3 Å². The fourth-order valence-electron chi connectivity index (χ4n) is 1.28. The van der Waals surface area contributed by atoms with E-state index in [0.717, 1.165) is 6.42 Å². The fourth-order valence-corrected chi connectivity index (χ4v) is 2.11. The molecule has 0 aliphatic rings. The van der Waals surface area contributed by atoms with E-state index < -0.39 is 0 Å². The van der Waals surface area contributed by atoms with Crippen molar-refractivity contribution < 1.29 is 4.74 Å². The van der Waals surface area contributed by atoms with E-state index in [1.54, 1.807) is 18.4 Å². The molecule has 0 fully saturated rings. The third-order valence-electron chi connectivity index (χ3n) is 2.10. The number of nitrogens with one attached hydrogen (secondary N) is 1. The lowest BCUT2D eigenvalue weighted by Gasteiger charge is -2.07. The van der Waals surface area contributed by atoms with Crippen LogP contribution in [0.15, 0.2) is 23.7 Å². The zero-order valence-electron chi connectivity index (χ0n) is 9.31. The number of thiophene rings is 1. The van der Waals surface area contributed by atoms with Gasteiger partial charge in [0.05, 0.1) is 12.8 Å². The highest BCUT2D eigenvalue weighted by molar-refractivity contribution is 7.09. The number of nitrogens with zero attached hydrogens (tertiary/aromatic N) is 2. The lowest BCUT2D eigenvalue weighted by atomic mass is 10.4. The van der Waals surface area contributed by atoms with Crippen LogP contribution in [0.5, 0.6) is 5.88 Å². The van der Waals surface area contributed by atoms with E-state index in [1.807, 2.05) is 11.4 Å². The number of anilines is 1. The Morgan fingerprint density at radius 1 is 1.53 bits per heavy atom. The van der Waals surface area contributed by atoms with Crippen molar-refractivity contribution in [1.29, 1.82) is 0 Å². The van der Waals surface area contributed by atoms with Gasteiger partial charge in [-0.3, -0.25) is 0 Å². The van der Waals surface area contributed by atoms with Crippen molar-refractivity contribution in [3.63, 3.8) is 0 Å². The minimum atomic E-state index is 0.419. The molecule has 0 spiro atoms. The maximum atomic E-state index is 5.94. The van der Waals surface area contributed by atoms with Crippen LogP contribution >= 0.6 is 22.9 Å². The fraction of sp³-hybridized carbons (Fsp3) is 0.273. The third kappa shape index (κ3) is 3.31. The summed E-state index contributed by atoms with van der Waals surface area (Å²) in [4.78, 5) is 9.40. The lowest BCUT2D eigenvalue weighted by molar-refractivity contribution is 0.310. The van der Waals surface area contributed by atoms with Crippen LogP contribution in [0, 0.1) is 0 Å². The molecule has 0 aliphatic carbocycles. The van der Waals surface area contributed by atoms with E-state index in [-0.39, 0.29) is 0 Å². The molecule has 0 unspecified atom stereocenters. The van der Waals surface area contributed by atoms with Gasteiger partial charge in [-0.2, -0.15) is 4.98 Å². The Balaban J connectivity index is 1.94. The van der Waals surface area contributed by atoms with Crippen molar-refractivity contribution in [3.8, 4) is 5.88 Å². The Bertz CT molecular complexity index is 476. The van der Waals surface area contributed by atoms with Gasteiger partial charge in [-0.1, -0.05) is 17.7 Å². The van der Waals surface area contributed by atoms with Crippen LogP contribution in [0.1, 0.15) is 4.88 Å². The Hall–Kier alpha value is -1.33. The first-order valence-corrected chi connectivity index (χ1v) is 6.41. The standard InChI is InChI=1S/C11H12ClN3OS/c1-13-11-14-7-9(12)10(15-11)16-5-4-8-3-2-6-17-8/h2-3,6-7H,4-5H2,1H3,(H,13,14,15). The summed E-state index contributed by atoms with van der Waals surface area (Å²) in [6.07, 6.45) is 2.38. The number of rotatable bonds is 5. The molecule has 2 rings (SSSR count). The van der Waals surface area contributed by atoms with Crippen molar-refractivity contribution >= 4 is 28.9 Å². The highest BCUT2D eigenvalue weighted by atomic mass is 35.5. The van der Waals surface area contributed by atoms with Crippen LogP contribution < -0.4 is 10.1 Å². The largest absolute Gasteiger partial charge is 0.476 e. The van der Waals surface area contributed by atoms with Crippen molar-refractivity contribution in [2.45, 2.75) is 6.42 Å². The van der Waals surface area contributed by atoms with Gasteiger partial charge in [0.2, 0.25) is 11.8 Å². The summed E-state index contributed by atoms with van der Waals surface area (Å²) in [5, 5.41) is 5.31. The minimum Gasteiger partial charge on any atom is -0.476 e. The van der Waals surface area contributed by atoms with Crippen molar-refractivity contribution in [3.05, 3.63) is 33.6 Å². The van der Waals surface area contributed by atoms with Gasteiger partial charge in [-0.15, -0.1) is 11.3 Å². The molecule has 4 nitrogen and oxygen atoms in total. The van der Waals surface area contributed by atoms with E-state index in [2.05, 4.69) is 21.4 Å². The molecule has 1 N–H and O–H groups in total. The SMILES string of the molecule is CNc1ncc(Cl)c(OCCc2cccs2)n1. The molecule has 2 aromatic heterocycles. The number of hydrogen-bond acceptors (Lipinski definition) is 5. The molecule has 6 heteroatoms.